The smallest absolute Gasteiger partial charge is 0.321 e. The SMILES string of the molecule is COc1ccc(NC(=O)N2CCN(c3cccc(C)c3C)CC2)cc1. The third kappa shape index (κ3) is 3.87. The van der Waals surface area contributed by atoms with Crippen molar-refractivity contribution in [2.45, 2.75) is 13.8 Å². The van der Waals surface area contributed by atoms with Gasteiger partial charge in [-0.1, -0.05) is 12.1 Å². The van der Waals surface area contributed by atoms with E-state index in [4.69, 9.17) is 4.74 Å². The normalized spacial score (nSPS) is 14.4. The highest BCUT2D eigenvalue weighted by molar-refractivity contribution is 5.89. The lowest BCUT2D eigenvalue weighted by atomic mass is 10.1. The summed E-state index contributed by atoms with van der Waals surface area (Å²) in [6.07, 6.45) is 0. The van der Waals surface area contributed by atoms with Crippen molar-refractivity contribution in [2.75, 3.05) is 43.5 Å². The van der Waals surface area contributed by atoms with Gasteiger partial charge in [-0.25, -0.2) is 4.79 Å². The van der Waals surface area contributed by atoms with Gasteiger partial charge in [-0.2, -0.15) is 0 Å². The van der Waals surface area contributed by atoms with E-state index in [-0.39, 0.29) is 6.03 Å². The average Bonchev–Trinajstić information content (AvgIpc) is 2.65. The highest BCUT2D eigenvalue weighted by Crippen LogP contribution is 2.24. The van der Waals surface area contributed by atoms with Crippen molar-refractivity contribution in [3.05, 3.63) is 53.6 Å². The van der Waals surface area contributed by atoms with Crippen molar-refractivity contribution in [3.8, 4) is 5.75 Å². The van der Waals surface area contributed by atoms with Crippen molar-refractivity contribution in [1.29, 1.82) is 0 Å². The van der Waals surface area contributed by atoms with Crippen LogP contribution >= 0.6 is 0 Å². The van der Waals surface area contributed by atoms with Gasteiger partial charge in [-0.3, -0.25) is 0 Å². The predicted octanol–water partition coefficient (Wildman–Crippen LogP) is 3.67. The maximum absolute atomic E-state index is 12.5. The number of hydrogen-bond acceptors (Lipinski definition) is 3. The standard InChI is InChI=1S/C20H25N3O2/c1-15-5-4-6-19(16(15)2)22-11-13-23(14-12-22)20(24)21-17-7-9-18(25-3)10-8-17/h4-10H,11-14H2,1-3H3,(H,21,24). The first-order valence-corrected chi connectivity index (χ1v) is 8.59. The molecule has 0 unspecified atom stereocenters. The second kappa shape index (κ2) is 7.47. The Kier molecular flexibility index (Phi) is 5.12. The Balaban J connectivity index is 1.57. The zero-order valence-corrected chi connectivity index (χ0v) is 15.1. The van der Waals surface area contributed by atoms with Gasteiger partial charge in [-0.15, -0.1) is 0 Å². The molecule has 3 rings (SSSR count). The summed E-state index contributed by atoms with van der Waals surface area (Å²) < 4.78 is 5.13. The van der Waals surface area contributed by atoms with Crippen LogP contribution in [0.15, 0.2) is 42.5 Å². The quantitative estimate of drug-likeness (QED) is 0.928. The molecule has 0 atom stereocenters. The van der Waals surface area contributed by atoms with Crippen molar-refractivity contribution >= 4 is 17.4 Å². The van der Waals surface area contributed by atoms with E-state index in [0.717, 1.165) is 37.6 Å². The van der Waals surface area contributed by atoms with Crippen LogP contribution in [0.1, 0.15) is 11.1 Å². The highest BCUT2D eigenvalue weighted by Gasteiger charge is 2.22. The molecule has 2 aromatic carbocycles. The zero-order valence-electron chi connectivity index (χ0n) is 15.1. The molecular weight excluding hydrogens is 314 g/mol. The van der Waals surface area contributed by atoms with E-state index in [1.807, 2.05) is 29.2 Å². The number of aryl methyl sites for hydroxylation is 1. The Morgan fingerprint density at radius 3 is 2.32 bits per heavy atom. The van der Waals surface area contributed by atoms with Gasteiger partial charge >= 0.3 is 6.03 Å². The number of piperazine rings is 1. The molecule has 1 aliphatic rings. The summed E-state index contributed by atoms with van der Waals surface area (Å²) in [7, 11) is 1.63. The van der Waals surface area contributed by atoms with Gasteiger partial charge < -0.3 is 19.9 Å². The Labute approximate surface area is 149 Å². The molecule has 5 nitrogen and oxygen atoms in total. The van der Waals surface area contributed by atoms with Crippen LogP contribution in [0, 0.1) is 13.8 Å². The van der Waals surface area contributed by atoms with Gasteiger partial charge in [0.25, 0.3) is 0 Å². The molecule has 0 radical (unpaired) electrons. The molecule has 1 N–H and O–H groups in total. The van der Waals surface area contributed by atoms with Gasteiger partial charge in [-0.05, 0) is 55.3 Å². The van der Waals surface area contributed by atoms with E-state index < -0.39 is 0 Å². The first-order chi connectivity index (χ1) is 12.1. The van der Waals surface area contributed by atoms with E-state index >= 15 is 0 Å². The predicted molar refractivity (Wildman–Crippen MR) is 102 cm³/mol. The number of rotatable bonds is 3. The van der Waals surface area contributed by atoms with E-state index in [9.17, 15) is 4.79 Å². The number of urea groups is 1. The lowest BCUT2D eigenvalue weighted by Gasteiger charge is -2.37. The van der Waals surface area contributed by atoms with Gasteiger partial charge in [0.05, 0.1) is 7.11 Å². The van der Waals surface area contributed by atoms with Crippen molar-refractivity contribution < 1.29 is 9.53 Å². The molecule has 0 saturated carbocycles. The molecule has 1 heterocycles. The van der Waals surface area contributed by atoms with Gasteiger partial charge in [0, 0.05) is 37.6 Å². The number of amides is 2. The van der Waals surface area contributed by atoms with Gasteiger partial charge in [0.1, 0.15) is 5.75 Å². The molecule has 0 spiro atoms. The van der Waals surface area contributed by atoms with Crippen molar-refractivity contribution in [3.63, 3.8) is 0 Å². The van der Waals surface area contributed by atoms with Crippen LogP contribution in [-0.2, 0) is 0 Å². The molecule has 0 bridgehead atoms. The Hall–Kier alpha value is -2.69. The molecule has 0 aliphatic carbocycles. The Morgan fingerprint density at radius 2 is 1.68 bits per heavy atom. The minimum absolute atomic E-state index is 0.0502. The summed E-state index contributed by atoms with van der Waals surface area (Å²) in [5.74, 6) is 0.778. The first-order valence-electron chi connectivity index (χ1n) is 8.59. The lowest BCUT2D eigenvalue weighted by molar-refractivity contribution is 0.208. The summed E-state index contributed by atoms with van der Waals surface area (Å²) in [4.78, 5) is 16.7. The minimum atomic E-state index is -0.0502. The number of carbonyl (C=O) groups is 1. The molecule has 0 aromatic heterocycles. The van der Waals surface area contributed by atoms with Crippen LogP contribution in [0.2, 0.25) is 0 Å². The first kappa shape index (κ1) is 17.1. The summed E-state index contributed by atoms with van der Waals surface area (Å²) in [5.41, 5.74) is 4.67. The van der Waals surface area contributed by atoms with Crippen LogP contribution in [0.3, 0.4) is 0 Å². The highest BCUT2D eigenvalue weighted by atomic mass is 16.5. The van der Waals surface area contributed by atoms with E-state index in [1.54, 1.807) is 7.11 Å². The molecule has 132 valence electrons. The number of benzene rings is 2. The third-order valence-corrected chi connectivity index (χ3v) is 4.82. The Bertz CT molecular complexity index is 735. The monoisotopic (exact) mass is 339 g/mol. The molecule has 1 saturated heterocycles. The summed E-state index contributed by atoms with van der Waals surface area (Å²) in [6.45, 7) is 7.43. The number of nitrogens with one attached hydrogen (secondary N) is 1. The number of anilines is 2. The summed E-state index contributed by atoms with van der Waals surface area (Å²) >= 11 is 0. The number of ether oxygens (including phenoxy) is 1. The number of hydrogen-bond donors (Lipinski definition) is 1. The summed E-state index contributed by atoms with van der Waals surface area (Å²) in [6, 6.07) is 13.7. The van der Waals surface area contributed by atoms with E-state index in [2.05, 4.69) is 42.3 Å². The number of nitrogens with zero attached hydrogens (tertiary/aromatic N) is 2. The van der Waals surface area contributed by atoms with E-state index in [0.29, 0.717) is 0 Å². The molecule has 1 aliphatic heterocycles. The van der Waals surface area contributed by atoms with Crippen LogP contribution in [-0.4, -0.2) is 44.2 Å². The molecule has 2 aromatic rings. The Morgan fingerprint density at radius 1 is 1.00 bits per heavy atom. The molecule has 2 amide bonds. The molecule has 1 fully saturated rings. The second-order valence-electron chi connectivity index (χ2n) is 6.35. The topological polar surface area (TPSA) is 44.8 Å². The zero-order chi connectivity index (χ0) is 17.8. The molecular formula is C20H25N3O2. The van der Waals surface area contributed by atoms with Gasteiger partial charge in [0.2, 0.25) is 0 Å². The second-order valence-corrected chi connectivity index (χ2v) is 6.35. The average molecular weight is 339 g/mol. The molecule has 25 heavy (non-hydrogen) atoms. The minimum Gasteiger partial charge on any atom is -0.497 e. The summed E-state index contributed by atoms with van der Waals surface area (Å²) in [5, 5.41) is 2.95. The lowest BCUT2D eigenvalue weighted by Crippen LogP contribution is -2.50. The van der Waals surface area contributed by atoms with Crippen LogP contribution in [0.4, 0.5) is 16.2 Å². The third-order valence-electron chi connectivity index (χ3n) is 4.82. The van der Waals surface area contributed by atoms with Crippen LogP contribution in [0.5, 0.6) is 5.75 Å². The maximum atomic E-state index is 12.5. The van der Waals surface area contributed by atoms with Crippen LogP contribution < -0.4 is 15.0 Å². The number of methoxy groups -OCH3 is 1. The molecule has 5 heteroatoms. The van der Waals surface area contributed by atoms with Crippen molar-refractivity contribution in [2.24, 2.45) is 0 Å². The number of carbonyl (C=O) groups excluding carboxylic acids is 1. The largest absolute Gasteiger partial charge is 0.497 e. The fourth-order valence-electron chi connectivity index (χ4n) is 3.11. The van der Waals surface area contributed by atoms with Crippen LogP contribution in [0.25, 0.3) is 0 Å². The van der Waals surface area contributed by atoms with Gasteiger partial charge in [0.15, 0.2) is 0 Å². The fourth-order valence-corrected chi connectivity index (χ4v) is 3.11. The fraction of sp³-hybridized carbons (Fsp3) is 0.350. The van der Waals surface area contributed by atoms with Crippen molar-refractivity contribution in [1.82, 2.24) is 4.90 Å². The maximum Gasteiger partial charge on any atom is 0.321 e. The van der Waals surface area contributed by atoms with E-state index in [1.165, 1.54) is 16.8 Å².